The van der Waals surface area contributed by atoms with E-state index >= 15 is 0 Å². The fraction of sp³-hybridized carbons (Fsp3) is 0.333. The Hall–Kier alpha value is -2.02. The number of carbonyl (C=O) groups is 1. The molecule has 118 valence electrons. The minimum absolute atomic E-state index is 0.182. The predicted molar refractivity (Wildman–Crippen MR) is 84.0 cm³/mol. The number of benzene rings is 1. The van der Waals surface area contributed by atoms with Gasteiger partial charge in [-0.25, -0.2) is 8.78 Å². The molecule has 0 aliphatic carbocycles. The molecule has 1 aliphatic heterocycles. The molecule has 22 heavy (non-hydrogen) atoms. The molecule has 0 radical (unpaired) electrons. The molecule has 4 nitrogen and oxygen atoms in total. The van der Waals surface area contributed by atoms with Crippen LogP contribution >= 0.6 is 12.2 Å². The third-order valence-electron chi connectivity index (χ3n) is 3.66. The highest BCUT2D eigenvalue weighted by Crippen LogP contribution is 2.32. The Bertz CT molecular complexity index is 673. The smallest absolute Gasteiger partial charge is 0.253 e. The lowest BCUT2D eigenvalue weighted by atomic mass is 9.93. The first-order chi connectivity index (χ1) is 10.2. The molecular weight excluding hydrogens is 308 g/mol. The Kier molecular flexibility index (Phi) is 4.46. The molecule has 0 saturated carbocycles. The fourth-order valence-corrected chi connectivity index (χ4v) is 2.58. The van der Waals surface area contributed by atoms with Gasteiger partial charge in [-0.1, -0.05) is 6.07 Å². The molecule has 1 atom stereocenters. The van der Waals surface area contributed by atoms with Gasteiger partial charge in [0.05, 0.1) is 11.6 Å². The zero-order chi connectivity index (χ0) is 16.6. The van der Waals surface area contributed by atoms with E-state index in [1.807, 2.05) is 0 Å². The maximum atomic E-state index is 14.1. The van der Waals surface area contributed by atoms with Crippen molar-refractivity contribution >= 4 is 23.2 Å². The summed E-state index contributed by atoms with van der Waals surface area (Å²) >= 11 is 5.22. The van der Waals surface area contributed by atoms with Crippen LogP contribution in [0.4, 0.5) is 8.78 Å². The second kappa shape index (κ2) is 6.00. The SMILES string of the molecule is CC1=C(C(=O)N(C)C)C(c2ccc(F)cc2F)NC(=S)N1C. The van der Waals surface area contributed by atoms with Crippen LogP contribution in [0.1, 0.15) is 18.5 Å². The van der Waals surface area contributed by atoms with Crippen molar-refractivity contribution in [1.29, 1.82) is 0 Å². The molecule has 0 bridgehead atoms. The largest absolute Gasteiger partial charge is 0.351 e. The van der Waals surface area contributed by atoms with E-state index in [0.29, 0.717) is 16.4 Å². The van der Waals surface area contributed by atoms with Gasteiger partial charge >= 0.3 is 0 Å². The first-order valence-corrected chi connectivity index (χ1v) is 7.06. The van der Waals surface area contributed by atoms with Gasteiger partial charge in [-0.3, -0.25) is 4.79 Å². The van der Waals surface area contributed by atoms with Crippen LogP contribution in [0.3, 0.4) is 0 Å². The van der Waals surface area contributed by atoms with E-state index in [1.165, 1.54) is 11.0 Å². The van der Waals surface area contributed by atoms with Crippen LogP contribution in [0.15, 0.2) is 29.5 Å². The number of nitrogens with one attached hydrogen (secondary N) is 1. The average Bonchev–Trinajstić information content (AvgIpc) is 2.44. The molecular formula is C15H17F2N3OS. The number of allylic oxidation sites excluding steroid dienone is 1. The van der Waals surface area contributed by atoms with Gasteiger partial charge in [-0.15, -0.1) is 0 Å². The van der Waals surface area contributed by atoms with Crippen LogP contribution in [-0.2, 0) is 4.79 Å². The second-order valence-electron chi connectivity index (χ2n) is 5.31. The number of thiocarbonyl (C=S) groups is 1. The summed E-state index contributed by atoms with van der Waals surface area (Å²) in [5.41, 5.74) is 1.20. The van der Waals surface area contributed by atoms with Crippen LogP contribution in [-0.4, -0.2) is 42.0 Å². The normalized spacial score (nSPS) is 18.4. The van der Waals surface area contributed by atoms with Crippen molar-refractivity contribution in [2.45, 2.75) is 13.0 Å². The maximum Gasteiger partial charge on any atom is 0.253 e. The molecule has 1 unspecified atom stereocenters. The predicted octanol–water partition coefficient (Wildman–Crippen LogP) is 2.19. The van der Waals surface area contributed by atoms with Crippen molar-refractivity contribution in [2.24, 2.45) is 0 Å². The Morgan fingerprint density at radius 2 is 2.00 bits per heavy atom. The number of rotatable bonds is 2. The van der Waals surface area contributed by atoms with Crippen molar-refractivity contribution in [3.05, 3.63) is 46.7 Å². The molecule has 0 saturated heterocycles. The molecule has 1 amide bonds. The van der Waals surface area contributed by atoms with Gasteiger partial charge in [-0.2, -0.15) is 0 Å². The van der Waals surface area contributed by atoms with E-state index in [0.717, 1.165) is 12.1 Å². The van der Waals surface area contributed by atoms with Crippen LogP contribution in [0.5, 0.6) is 0 Å². The molecule has 7 heteroatoms. The number of likely N-dealkylation sites (N-methyl/N-ethyl adjacent to an activating group) is 1. The van der Waals surface area contributed by atoms with Gasteiger partial charge in [0.1, 0.15) is 11.6 Å². The first-order valence-electron chi connectivity index (χ1n) is 6.65. The summed E-state index contributed by atoms with van der Waals surface area (Å²) in [6, 6.07) is 2.53. The third-order valence-corrected chi connectivity index (χ3v) is 4.06. The summed E-state index contributed by atoms with van der Waals surface area (Å²) in [5.74, 6) is -1.65. The summed E-state index contributed by atoms with van der Waals surface area (Å²) in [6.45, 7) is 1.75. The molecule has 0 fully saturated rings. The van der Waals surface area contributed by atoms with Crippen molar-refractivity contribution in [3.8, 4) is 0 Å². The minimum atomic E-state index is -0.751. The van der Waals surface area contributed by atoms with Crippen LogP contribution in [0.25, 0.3) is 0 Å². The summed E-state index contributed by atoms with van der Waals surface area (Å²) in [4.78, 5) is 15.6. The van der Waals surface area contributed by atoms with Crippen molar-refractivity contribution < 1.29 is 13.6 Å². The fourth-order valence-electron chi connectivity index (χ4n) is 2.32. The number of hydrogen-bond acceptors (Lipinski definition) is 2. The molecule has 1 heterocycles. The van der Waals surface area contributed by atoms with Crippen LogP contribution in [0, 0.1) is 11.6 Å². The van der Waals surface area contributed by atoms with Crippen molar-refractivity contribution in [1.82, 2.24) is 15.1 Å². The molecule has 0 spiro atoms. The number of amides is 1. The molecule has 2 rings (SSSR count). The Morgan fingerprint density at radius 1 is 1.36 bits per heavy atom. The Labute approximate surface area is 133 Å². The highest BCUT2D eigenvalue weighted by atomic mass is 32.1. The van der Waals surface area contributed by atoms with Gasteiger partial charge in [-0.05, 0) is 25.2 Å². The van der Waals surface area contributed by atoms with E-state index in [9.17, 15) is 13.6 Å². The van der Waals surface area contributed by atoms with E-state index in [-0.39, 0.29) is 11.5 Å². The lowest BCUT2D eigenvalue weighted by Gasteiger charge is -2.36. The van der Waals surface area contributed by atoms with Crippen molar-refractivity contribution in [3.63, 3.8) is 0 Å². The number of carbonyl (C=O) groups excluding carboxylic acids is 1. The maximum absolute atomic E-state index is 14.1. The van der Waals surface area contributed by atoms with E-state index in [1.54, 1.807) is 33.0 Å². The van der Waals surface area contributed by atoms with E-state index in [2.05, 4.69) is 5.32 Å². The van der Waals surface area contributed by atoms with Gasteiger partial charge < -0.3 is 15.1 Å². The zero-order valence-corrected chi connectivity index (χ0v) is 13.6. The van der Waals surface area contributed by atoms with Crippen molar-refractivity contribution in [2.75, 3.05) is 21.1 Å². The van der Waals surface area contributed by atoms with Gasteiger partial charge in [0.25, 0.3) is 5.91 Å². The highest BCUT2D eigenvalue weighted by Gasteiger charge is 2.34. The van der Waals surface area contributed by atoms with Gasteiger partial charge in [0.2, 0.25) is 0 Å². The first kappa shape index (κ1) is 16.4. The summed E-state index contributed by atoms with van der Waals surface area (Å²) in [6.07, 6.45) is 0. The molecule has 0 aromatic heterocycles. The quantitative estimate of drug-likeness (QED) is 0.846. The monoisotopic (exact) mass is 325 g/mol. The molecule has 1 aromatic carbocycles. The number of halogens is 2. The van der Waals surface area contributed by atoms with Crippen LogP contribution < -0.4 is 5.32 Å². The summed E-state index contributed by atoms with van der Waals surface area (Å²) in [5, 5.41) is 3.32. The standard InChI is InChI=1S/C15H17F2N3OS/c1-8-12(14(21)19(2)3)13(18-15(22)20(8)4)10-6-5-9(16)7-11(10)17/h5-7,13H,1-4H3,(H,18,22). The van der Waals surface area contributed by atoms with E-state index in [4.69, 9.17) is 12.2 Å². The highest BCUT2D eigenvalue weighted by molar-refractivity contribution is 7.80. The molecule has 1 N–H and O–H groups in total. The third kappa shape index (κ3) is 2.81. The Balaban J connectivity index is 2.61. The van der Waals surface area contributed by atoms with Crippen LogP contribution in [0.2, 0.25) is 0 Å². The van der Waals surface area contributed by atoms with Gasteiger partial charge in [0.15, 0.2) is 5.11 Å². The minimum Gasteiger partial charge on any atom is -0.351 e. The summed E-state index contributed by atoms with van der Waals surface area (Å²) in [7, 11) is 4.96. The van der Waals surface area contributed by atoms with Gasteiger partial charge in [0, 0.05) is 38.5 Å². The number of nitrogens with zero attached hydrogens (tertiary/aromatic N) is 2. The lowest BCUT2D eigenvalue weighted by Crippen LogP contribution is -2.47. The topological polar surface area (TPSA) is 35.6 Å². The Morgan fingerprint density at radius 3 is 2.55 bits per heavy atom. The zero-order valence-electron chi connectivity index (χ0n) is 12.8. The summed E-state index contributed by atoms with van der Waals surface area (Å²) < 4.78 is 27.3. The number of hydrogen-bond donors (Lipinski definition) is 1. The molecule has 1 aliphatic rings. The average molecular weight is 325 g/mol. The lowest BCUT2D eigenvalue weighted by molar-refractivity contribution is -0.125. The van der Waals surface area contributed by atoms with E-state index < -0.39 is 17.7 Å². The molecule has 1 aromatic rings. The second-order valence-corrected chi connectivity index (χ2v) is 5.69.